The number of thiazole rings is 1. The van der Waals surface area contributed by atoms with Crippen LogP contribution in [0.3, 0.4) is 0 Å². The lowest BCUT2D eigenvalue weighted by Gasteiger charge is -2.12. The van der Waals surface area contributed by atoms with Gasteiger partial charge in [-0.05, 0) is 41.8 Å². The molecule has 0 bridgehead atoms. The van der Waals surface area contributed by atoms with Gasteiger partial charge in [-0.15, -0.1) is 5.10 Å². The van der Waals surface area contributed by atoms with Gasteiger partial charge in [0, 0.05) is 0 Å². The first-order valence-corrected chi connectivity index (χ1v) is 10.7. The van der Waals surface area contributed by atoms with Crippen molar-refractivity contribution in [1.82, 2.24) is 14.6 Å². The summed E-state index contributed by atoms with van der Waals surface area (Å²) in [6.07, 6.45) is 1.81. The Labute approximate surface area is 183 Å². The number of ether oxygens (including phenoxy) is 3. The van der Waals surface area contributed by atoms with Crippen molar-refractivity contribution in [2.45, 2.75) is 13.8 Å². The van der Waals surface area contributed by atoms with Crippen LogP contribution in [0.4, 0.5) is 0 Å². The smallest absolute Gasteiger partial charge is 0.291 e. The quantitative estimate of drug-likeness (QED) is 0.441. The molecule has 0 atom stereocenters. The van der Waals surface area contributed by atoms with Crippen LogP contribution in [-0.2, 0) is 0 Å². The van der Waals surface area contributed by atoms with Crippen molar-refractivity contribution in [3.05, 3.63) is 62.9 Å². The maximum atomic E-state index is 12.9. The molecule has 2 aromatic carbocycles. The molecule has 0 aliphatic heterocycles. The molecule has 31 heavy (non-hydrogen) atoms. The summed E-state index contributed by atoms with van der Waals surface area (Å²) in [7, 11) is 3.19. The predicted molar refractivity (Wildman–Crippen MR) is 121 cm³/mol. The fourth-order valence-electron chi connectivity index (χ4n) is 3.08. The topological polar surface area (TPSA) is 75.0 Å². The van der Waals surface area contributed by atoms with E-state index in [2.05, 4.69) is 23.9 Å². The van der Waals surface area contributed by atoms with Crippen molar-refractivity contribution in [3.63, 3.8) is 0 Å². The summed E-state index contributed by atoms with van der Waals surface area (Å²) in [5.74, 6) is 2.83. The maximum Gasteiger partial charge on any atom is 0.291 e. The minimum absolute atomic E-state index is 0.215. The molecule has 0 saturated carbocycles. The van der Waals surface area contributed by atoms with Gasteiger partial charge in [-0.1, -0.05) is 43.4 Å². The van der Waals surface area contributed by atoms with E-state index in [0.29, 0.717) is 45.1 Å². The number of hydrogen-bond acceptors (Lipinski definition) is 7. The van der Waals surface area contributed by atoms with Gasteiger partial charge in [-0.2, -0.15) is 9.50 Å². The first kappa shape index (κ1) is 20.9. The molecule has 0 N–H and O–H groups in total. The minimum atomic E-state index is -0.215. The molecule has 7 nitrogen and oxygen atoms in total. The van der Waals surface area contributed by atoms with E-state index in [4.69, 9.17) is 14.2 Å². The number of para-hydroxylation sites is 1. The van der Waals surface area contributed by atoms with Crippen molar-refractivity contribution in [2.24, 2.45) is 5.92 Å². The highest BCUT2D eigenvalue weighted by atomic mass is 32.1. The zero-order valence-corrected chi connectivity index (χ0v) is 18.6. The third-order valence-corrected chi connectivity index (χ3v) is 5.55. The Morgan fingerprint density at radius 1 is 1.06 bits per heavy atom. The Hall–Kier alpha value is -3.39. The molecule has 0 saturated heterocycles. The van der Waals surface area contributed by atoms with Crippen LogP contribution < -0.4 is 24.3 Å². The third kappa shape index (κ3) is 4.25. The van der Waals surface area contributed by atoms with E-state index in [1.165, 1.54) is 15.9 Å². The lowest BCUT2D eigenvalue weighted by molar-refractivity contribution is 0.257. The SMILES string of the molecule is COc1cc(/C=c2\sc3nc(-c4ccccc4OC)nn3c2=O)ccc1OCC(C)C. The van der Waals surface area contributed by atoms with Gasteiger partial charge in [0.15, 0.2) is 17.3 Å². The molecule has 0 aliphatic carbocycles. The normalized spacial score (nSPS) is 12.0. The van der Waals surface area contributed by atoms with E-state index in [0.717, 1.165) is 11.1 Å². The number of aromatic nitrogens is 3. The molecule has 0 aliphatic rings. The highest BCUT2D eigenvalue weighted by molar-refractivity contribution is 7.15. The van der Waals surface area contributed by atoms with Crippen LogP contribution in [0.5, 0.6) is 17.2 Å². The zero-order valence-electron chi connectivity index (χ0n) is 17.8. The Morgan fingerprint density at radius 3 is 2.55 bits per heavy atom. The molecule has 2 heterocycles. The monoisotopic (exact) mass is 437 g/mol. The Kier molecular flexibility index (Phi) is 5.90. The summed E-state index contributed by atoms with van der Waals surface area (Å²) in [5.41, 5.74) is 1.36. The van der Waals surface area contributed by atoms with Crippen molar-refractivity contribution in [3.8, 4) is 28.6 Å². The summed E-state index contributed by atoms with van der Waals surface area (Å²) in [4.78, 5) is 17.9. The van der Waals surface area contributed by atoms with Gasteiger partial charge in [-0.3, -0.25) is 4.79 Å². The zero-order chi connectivity index (χ0) is 22.0. The number of methoxy groups -OCH3 is 2. The molecule has 8 heteroatoms. The Balaban J connectivity index is 1.70. The molecule has 0 radical (unpaired) electrons. The highest BCUT2D eigenvalue weighted by Crippen LogP contribution is 2.29. The number of fused-ring (bicyclic) bond motifs is 1. The van der Waals surface area contributed by atoms with Gasteiger partial charge in [0.05, 0.1) is 30.9 Å². The van der Waals surface area contributed by atoms with Crippen LogP contribution in [-0.4, -0.2) is 35.4 Å². The van der Waals surface area contributed by atoms with E-state index in [-0.39, 0.29) is 5.56 Å². The van der Waals surface area contributed by atoms with Crippen molar-refractivity contribution < 1.29 is 14.2 Å². The molecule has 4 aromatic rings. The second-order valence-corrected chi connectivity index (χ2v) is 8.37. The molecule has 0 fully saturated rings. The van der Waals surface area contributed by atoms with Crippen LogP contribution in [0.2, 0.25) is 0 Å². The van der Waals surface area contributed by atoms with Crippen molar-refractivity contribution >= 4 is 22.4 Å². The molecule has 0 unspecified atom stereocenters. The number of benzene rings is 2. The van der Waals surface area contributed by atoms with E-state index in [1.54, 1.807) is 20.3 Å². The van der Waals surface area contributed by atoms with Gasteiger partial charge >= 0.3 is 0 Å². The van der Waals surface area contributed by atoms with Crippen molar-refractivity contribution in [2.75, 3.05) is 20.8 Å². The van der Waals surface area contributed by atoms with Crippen LogP contribution in [0.1, 0.15) is 19.4 Å². The summed E-state index contributed by atoms with van der Waals surface area (Å²) >= 11 is 1.29. The molecule has 0 spiro atoms. The lowest BCUT2D eigenvalue weighted by atomic mass is 10.2. The average Bonchev–Trinajstić information content (AvgIpc) is 3.31. The Morgan fingerprint density at radius 2 is 1.84 bits per heavy atom. The second kappa shape index (κ2) is 8.77. The lowest BCUT2D eigenvalue weighted by Crippen LogP contribution is -2.23. The summed E-state index contributed by atoms with van der Waals surface area (Å²) in [6.45, 7) is 4.78. The fraction of sp³-hybridized carbons (Fsp3) is 0.261. The van der Waals surface area contributed by atoms with Gasteiger partial charge in [0.2, 0.25) is 4.96 Å². The largest absolute Gasteiger partial charge is 0.496 e. The minimum Gasteiger partial charge on any atom is -0.496 e. The second-order valence-electron chi connectivity index (χ2n) is 7.36. The van der Waals surface area contributed by atoms with E-state index < -0.39 is 0 Å². The third-order valence-electron chi connectivity index (χ3n) is 4.59. The molecule has 160 valence electrons. The highest BCUT2D eigenvalue weighted by Gasteiger charge is 2.15. The van der Waals surface area contributed by atoms with Gasteiger partial charge in [-0.25, -0.2) is 0 Å². The van der Waals surface area contributed by atoms with Crippen LogP contribution in [0.25, 0.3) is 22.4 Å². The van der Waals surface area contributed by atoms with Gasteiger partial charge in [0.1, 0.15) is 5.75 Å². The molecule has 0 amide bonds. The summed E-state index contributed by atoms with van der Waals surface area (Å²) in [5, 5.41) is 4.40. The predicted octanol–water partition coefficient (Wildman–Crippen LogP) is 3.42. The number of hydrogen-bond donors (Lipinski definition) is 0. The standard InChI is InChI=1S/C23H23N3O4S/c1-14(2)13-30-18-10-9-15(11-19(18)29-4)12-20-22(27)26-23(31-20)24-21(25-26)16-7-5-6-8-17(16)28-3/h5-12,14H,13H2,1-4H3/b20-12-. The first-order valence-electron chi connectivity index (χ1n) is 9.85. The van der Waals surface area contributed by atoms with E-state index >= 15 is 0 Å². The van der Waals surface area contributed by atoms with Crippen LogP contribution >= 0.6 is 11.3 Å². The fourth-order valence-corrected chi connectivity index (χ4v) is 3.99. The molecular weight excluding hydrogens is 414 g/mol. The van der Waals surface area contributed by atoms with E-state index in [1.807, 2.05) is 42.5 Å². The van der Waals surface area contributed by atoms with Crippen LogP contribution in [0, 0.1) is 5.92 Å². The number of nitrogens with zero attached hydrogens (tertiary/aromatic N) is 3. The van der Waals surface area contributed by atoms with Crippen LogP contribution in [0.15, 0.2) is 47.3 Å². The molecule has 2 aromatic heterocycles. The Bertz CT molecular complexity index is 1330. The molecule has 4 rings (SSSR count). The van der Waals surface area contributed by atoms with Gasteiger partial charge < -0.3 is 14.2 Å². The first-order chi connectivity index (χ1) is 15.0. The summed E-state index contributed by atoms with van der Waals surface area (Å²) in [6, 6.07) is 13.1. The van der Waals surface area contributed by atoms with E-state index in [9.17, 15) is 4.79 Å². The van der Waals surface area contributed by atoms with Gasteiger partial charge in [0.25, 0.3) is 5.56 Å². The maximum absolute atomic E-state index is 12.9. The van der Waals surface area contributed by atoms with Crippen molar-refractivity contribution in [1.29, 1.82) is 0 Å². The summed E-state index contributed by atoms with van der Waals surface area (Å²) < 4.78 is 18.5. The number of rotatable bonds is 7. The molecular formula is C23H23N3O4S. The average molecular weight is 438 g/mol.